The molecule has 0 aliphatic carbocycles. The lowest BCUT2D eigenvalue weighted by Gasteiger charge is -2.32. The molecule has 1 saturated heterocycles. The molecule has 0 spiro atoms. The highest BCUT2D eigenvalue weighted by Gasteiger charge is 2.42. The van der Waals surface area contributed by atoms with Gasteiger partial charge in [0, 0.05) is 12.6 Å². The van der Waals surface area contributed by atoms with Crippen molar-refractivity contribution in [3.63, 3.8) is 0 Å². The average Bonchev–Trinajstić information content (AvgIpc) is 3.11. The summed E-state index contributed by atoms with van der Waals surface area (Å²) >= 11 is 0. The van der Waals surface area contributed by atoms with Crippen LogP contribution in [0.4, 0.5) is 11.4 Å². The highest BCUT2D eigenvalue weighted by molar-refractivity contribution is 7.89. The molecular weight excluding hydrogens is 390 g/mol. The van der Waals surface area contributed by atoms with Crippen LogP contribution in [-0.2, 0) is 14.8 Å². The third-order valence-electron chi connectivity index (χ3n) is 5.11. The van der Waals surface area contributed by atoms with E-state index in [0.29, 0.717) is 31.2 Å². The van der Waals surface area contributed by atoms with Crippen LogP contribution in [0.3, 0.4) is 0 Å². The maximum Gasteiger partial charge on any atom is 0.247 e. The second-order valence-corrected chi connectivity index (χ2v) is 9.62. The minimum absolute atomic E-state index is 0.1000. The molecule has 29 heavy (non-hydrogen) atoms. The van der Waals surface area contributed by atoms with Crippen molar-refractivity contribution in [2.75, 3.05) is 23.4 Å². The molecule has 0 bridgehead atoms. The van der Waals surface area contributed by atoms with Crippen LogP contribution in [-0.4, -0.2) is 39.6 Å². The number of rotatable bonds is 6. The first kappa shape index (κ1) is 19.7. The average molecular weight is 416 g/mol. The first-order valence-corrected chi connectivity index (χ1v) is 11.2. The number of nitrogens with one attached hydrogen (secondary N) is 2. The van der Waals surface area contributed by atoms with Gasteiger partial charge in [-0.05, 0) is 48.7 Å². The maximum atomic E-state index is 12.8. The second-order valence-electron chi connectivity index (χ2n) is 7.90. The Morgan fingerprint density at radius 3 is 2.62 bits per heavy atom. The third-order valence-corrected chi connectivity index (χ3v) is 6.65. The van der Waals surface area contributed by atoms with Crippen molar-refractivity contribution in [2.24, 2.45) is 5.92 Å². The highest BCUT2D eigenvalue weighted by atomic mass is 32.2. The Balaban J connectivity index is 1.46. The van der Waals surface area contributed by atoms with Gasteiger partial charge in [-0.2, -0.15) is 0 Å². The van der Waals surface area contributed by atoms with E-state index in [2.05, 4.69) is 23.9 Å². The van der Waals surface area contributed by atoms with E-state index < -0.39 is 10.0 Å². The molecule has 2 heterocycles. The maximum absolute atomic E-state index is 12.8. The molecule has 0 aromatic heterocycles. The molecule has 0 radical (unpaired) electrons. The van der Waals surface area contributed by atoms with E-state index in [4.69, 9.17) is 4.74 Å². The van der Waals surface area contributed by atoms with Gasteiger partial charge in [-0.1, -0.05) is 26.0 Å². The van der Waals surface area contributed by atoms with Crippen molar-refractivity contribution >= 4 is 27.3 Å². The van der Waals surface area contributed by atoms with Crippen molar-refractivity contribution in [3.8, 4) is 5.75 Å². The molecule has 7 nitrogen and oxygen atoms in total. The molecule has 2 aromatic rings. The van der Waals surface area contributed by atoms with Crippen LogP contribution in [0.5, 0.6) is 5.75 Å². The number of anilines is 2. The Hall–Kier alpha value is -2.58. The minimum atomic E-state index is -3.69. The van der Waals surface area contributed by atoms with Crippen LogP contribution in [0.15, 0.2) is 53.4 Å². The molecule has 2 N–H and O–H groups in total. The first-order valence-electron chi connectivity index (χ1n) is 9.75. The normalized spacial score (nSPS) is 20.9. The molecule has 1 amide bonds. The summed E-state index contributed by atoms with van der Waals surface area (Å²) in [5.41, 5.74) is 1.68. The monoisotopic (exact) mass is 415 g/mol. The van der Waals surface area contributed by atoms with E-state index >= 15 is 0 Å². The summed E-state index contributed by atoms with van der Waals surface area (Å²) in [6, 6.07) is 13.3. The Bertz CT molecular complexity index is 1000. The van der Waals surface area contributed by atoms with Crippen LogP contribution in [0, 0.1) is 5.92 Å². The summed E-state index contributed by atoms with van der Waals surface area (Å²) in [6.07, 6.45) is 0.426. The standard InChI is InChI=1S/C21H25N3O4S/c1-14(2)13-28-16-7-9-17(10-8-16)29(26,27)23-15-11-20-21(25)22-18-5-3-4-6-19(18)24(20)12-15/h3-10,14-15,20,23H,11-13H2,1-2H3,(H,22,25). The SMILES string of the molecule is CC(C)COc1ccc(S(=O)(=O)NC2CC3C(=O)Nc4ccccc4N3C2)cc1. The molecule has 154 valence electrons. The smallest absolute Gasteiger partial charge is 0.247 e. The van der Waals surface area contributed by atoms with Crippen LogP contribution >= 0.6 is 0 Å². The number of hydrogen-bond donors (Lipinski definition) is 2. The minimum Gasteiger partial charge on any atom is -0.493 e. The number of para-hydroxylation sites is 2. The first-order chi connectivity index (χ1) is 13.8. The molecule has 8 heteroatoms. The van der Waals surface area contributed by atoms with Gasteiger partial charge in [-0.15, -0.1) is 0 Å². The van der Waals surface area contributed by atoms with Crippen LogP contribution < -0.4 is 19.7 Å². The van der Waals surface area contributed by atoms with Gasteiger partial charge in [0.15, 0.2) is 0 Å². The van der Waals surface area contributed by atoms with E-state index in [9.17, 15) is 13.2 Å². The summed E-state index contributed by atoms with van der Waals surface area (Å²) in [4.78, 5) is 14.6. The summed E-state index contributed by atoms with van der Waals surface area (Å²) in [7, 11) is -3.69. The van der Waals surface area contributed by atoms with E-state index in [1.54, 1.807) is 24.3 Å². The molecule has 2 aromatic carbocycles. The van der Waals surface area contributed by atoms with Gasteiger partial charge in [0.25, 0.3) is 0 Å². The highest BCUT2D eigenvalue weighted by Crippen LogP contribution is 2.36. The van der Waals surface area contributed by atoms with Crippen LogP contribution in [0.1, 0.15) is 20.3 Å². The lowest BCUT2D eigenvalue weighted by molar-refractivity contribution is -0.117. The number of fused-ring (bicyclic) bond motifs is 3. The van der Waals surface area contributed by atoms with Crippen molar-refractivity contribution < 1.29 is 17.9 Å². The van der Waals surface area contributed by atoms with Gasteiger partial charge in [0.05, 0.1) is 22.9 Å². The van der Waals surface area contributed by atoms with Gasteiger partial charge in [0.2, 0.25) is 15.9 Å². The summed E-state index contributed by atoms with van der Waals surface area (Å²) < 4.78 is 34.0. The van der Waals surface area contributed by atoms with Gasteiger partial charge < -0.3 is 15.0 Å². The van der Waals surface area contributed by atoms with Gasteiger partial charge in [-0.3, -0.25) is 4.79 Å². The van der Waals surface area contributed by atoms with Crippen LogP contribution in [0.25, 0.3) is 0 Å². The van der Waals surface area contributed by atoms with Crippen molar-refractivity contribution in [1.29, 1.82) is 0 Å². The number of amides is 1. The van der Waals surface area contributed by atoms with E-state index in [1.165, 1.54) is 0 Å². The second kappa shape index (κ2) is 7.68. The zero-order valence-electron chi connectivity index (χ0n) is 16.5. The quantitative estimate of drug-likeness (QED) is 0.757. The van der Waals surface area contributed by atoms with Crippen molar-refractivity contribution in [3.05, 3.63) is 48.5 Å². The summed E-state index contributed by atoms with van der Waals surface area (Å²) in [6.45, 7) is 5.13. The Morgan fingerprint density at radius 2 is 1.90 bits per heavy atom. The zero-order valence-corrected chi connectivity index (χ0v) is 17.3. The zero-order chi connectivity index (χ0) is 20.6. The predicted molar refractivity (Wildman–Crippen MR) is 112 cm³/mol. The number of carbonyl (C=O) groups excluding carboxylic acids is 1. The molecule has 4 rings (SSSR count). The molecule has 2 aliphatic rings. The predicted octanol–water partition coefficient (Wildman–Crippen LogP) is 2.60. The summed E-state index contributed by atoms with van der Waals surface area (Å²) in [5.74, 6) is 0.935. The fraction of sp³-hybridized carbons (Fsp3) is 0.381. The number of hydrogen-bond acceptors (Lipinski definition) is 5. The van der Waals surface area contributed by atoms with Gasteiger partial charge in [-0.25, -0.2) is 13.1 Å². The van der Waals surface area contributed by atoms with E-state index in [-0.39, 0.29) is 22.9 Å². The Morgan fingerprint density at radius 1 is 1.17 bits per heavy atom. The largest absolute Gasteiger partial charge is 0.493 e. The number of ether oxygens (including phenoxy) is 1. The van der Waals surface area contributed by atoms with Crippen molar-refractivity contribution in [2.45, 2.75) is 37.2 Å². The Kier molecular flexibility index (Phi) is 5.23. The molecular formula is C21H25N3O4S. The van der Waals surface area contributed by atoms with Crippen molar-refractivity contribution in [1.82, 2.24) is 4.72 Å². The topological polar surface area (TPSA) is 87.7 Å². The van der Waals surface area contributed by atoms with Gasteiger partial charge in [0.1, 0.15) is 11.8 Å². The van der Waals surface area contributed by atoms with E-state index in [0.717, 1.165) is 11.4 Å². The fourth-order valence-electron chi connectivity index (χ4n) is 3.75. The number of benzene rings is 2. The lowest BCUT2D eigenvalue weighted by atomic mass is 10.1. The molecule has 0 saturated carbocycles. The molecule has 1 fully saturated rings. The Labute approximate surface area is 171 Å². The number of carbonyl (C=O) groups is 1. The lowest BCUT2D eigenvalue weighted by Crippen LogP contribution is -2.44. The van der Waals surface area contributed by atoms with E-state index in [1.807, 2.05) is 29.2 Å². The van der Waals surface area contributed by atoms with Gasteiger partial charge >= 0.3 is 0 Å². The molecule has 2 aliphatic heterocycles. The fourth-order valence-corrected chi connectivity index (χ4v) is 4.99. The molecule has 2 atom stereocenters. The number of nitrogens with zero attached hydrogens (tertiary/aromatic N) is 1. The molecule has 2 unspecified atom stereocenters. The third kappa shape index (κ3) is 4.09. The summed E-state index contributed by atoms with van der Waals surface area (Å²) in [5, 5.41) is 2.90. The van der Waals surface area contributed by atoms with Crippen LogP contribution in [0.2, 0.25) is 0 Å². The number of sulfonamides is 1.